The number of pyridine rings is 1. The first-order chi connectivity index (χ1) is 11.7. The van der Waals surface area contributed by atoms with E-state index in [2.05, 4.69) is 20.6 Å². The standard InChI is InChI=1S/C16H19N5O2S/c22-14(20-15-18-6-8-24-15)13-4-2-7-21(11-13)16(23)19-10-12-3-1-5-17-9-12/h1,3,5-6,8-9,13H,2,4,7,10-11H2,(H,19,23)(H,18,20,22)/t13-/m1/s1. The summed E-state index contributed by atoms with van der Waals surface area (Å²) in [5.74, 6) is -0.276. The third kappa shape index (κ3) is 4.29. The van der Waals surface area contributed by atoms with Crippen molar-refractivity contribution in [2.24, 2.45) is 5.92 Å². The Hall–Kier alpha value is -2.48. The molecule has 2 N–H and O–H groups in total. The minimum Gasteiger partial charge on any atom is -0.334 e. The Labute approximate surface area is 144 Å². The van der Waals surface area contributed by atoms with Crippen molar-refractivity contribution in [1.82, 2.24) is 20.2 Å². The smallest absolute Gasteiger partial charge is 0.317 e. The van der Waals surface area contributed by atoms with E-state index in [-0.39, 0.29) is 17.9 Å². The highest BCUT2D eigenvalue weighted by Gasteiger charge is 2.28. The predicted molar refractivity (Wildman–Crippen MR) is 91.5 cm³/mol. The van der Waals surface area contributed by atoms with Gasteiger partial charge in [-0.2, -0.15) is 0 Å². The van der Waals surface area contributed by atoms with Crippen molar-refractivity contribution in [3.8, 4) is 0 Å². The summed E-state index contributed by atoms with van der Waals surface area (Å²) in [5.41, 5.74) is 0.945. The summed E-state index contributed by atoms with van der Waals surface area (Å²) in [5, 5.41) is 8.10. The van der Waals surface area contributed by atoms with E-state index in [4.69, 9.17) is 0 Å². The number of carbonyl (C=O) groups excluding carboxylic acids is 2. The van der Waals surface area contributed by atoms with Crippen LogP contribution < -0.4 is 10.6 Å². The zero-order valence-corrected chi connectivity index (χ0v) is 14.0. The Kier molecular flexibility index (Phi) is 5.37. The number of nitrogens with zero attached hydrogens (tertiary/aromatic N) is 3. The number of likely N-dealkylation sites (tertiary alicyclic amines) is 1. The summed E-state index contributed by atoms with van der Waals surface area (Å²) < 4.78 is 0. The van der Waals surface area contributed by atoms with Crippen molar-refractivity contribution < 1.29 is 9.59 Å². The number of amides is 3. The maximum Gasteiger partial charge on any atom is 0.317 e. The molecule has 2 aromatic heterocycles. The Balaban J connectivity index is 1.51. The molecule has 0 bridgehead atoms. The first kappa shape index (κ1) is 16.4. The molecule has 0 aromatic carbocycles. The summed E-state index contributed by atoms with van der Waals surface area (Å²) in [6.45, 7) is 1.52. The Morgan fingerprint density at radius 1 is 1.38 bits per heavy atom. The third-order valence-corrected chi connectivity index (χ3v) is 4.60. The van der Waals surface area contributed by atoms with E-state index in [1.165, 1.54) is 11.3 Å². The second-order valence-electron chi connectivity index (χ2n) is 5.63. The number of hydrogen-bond donors (Lipinski definition) is 2. The number of hydrogen-bond acceptors (Lipinski definition) is 5. The highest BCUT2D eigenvalue weighted by molar-refractivity contribution is 7.13. The molecular formula is C16H19N5O2S. The van der Waals surface area contributed by atoms with Gasteiger partial charge in [0, 0.05) is 43.6 Å². The summed E-state index contributed by atoms with van der Waals surface area (Å²) in [4.78, 5) is 34.4. The van der Waals surface area contributed by atoms with E-state index in [0.29, 0.717) is 24.8 Å². The van der Waals surface area contributed by atoms with Crippen LogP contribution >= 0.6 is 11.3 Å². The average Bonchev–Trinajstić information content (AvgIpc) is 3.13. The molecule has 8 heteroatoms. The van der Waals surface area contributed by atoms with Crippen molar-refractivity contribution in [2.75, 3.05) is 18.4 Å². The fraction of sp³-hybridized carbons (Fsp3) is 0.375. The fourth-order valence-corrected chi connectivity index (χ4v) is 3.19. The van der Waals surface area contributed by atoms with Crippen LogP contribution in [0, 0.1) is 5.92 Å². The first-order valence-corrected chi connectivity index (χ1v) is 8.72. The number of thiazole rings is 1. The minimum absolute atomic E-state index is 0.0743. The Morgan fingerprint density at radius 3 is 3.04 bits per heavy atom. The SMILES string of the molecule is O=C(Nc1nccs1)[C@@H]1CCCN(C(=O)NCc2cccnc2)C1. The van der Waals surface area contributed by atoms with Crippen molar-refractivity contribution >= 4 is 28.4 Å². The van der Waals surface area contributed by atoms with Gasteiger partial charge in [-0.25, -0.2) is 9.78 Å². The largest absolute Gasteiger partial charge is 0.334 e. The quantitative estimate of drug-likeness (QED) is 0.888. The lowest BCUT2D eigenvalue weighted by Gasteiger charge is -2.31. The summed E-state index contributed by atoms with van der Waals surface area (Å²) in [7, 11) is 0. The molecule has 3 rings (SSSR count). The molecule has 0 aliphatic carbocycles. The van der Waals surface area contributed by atoms with Crippen molar-refractivity contribution in [2.45, 2.75) is 19.4 Å². The van der Waals surface area contributed by atoms with Gasteiger partial charge >= 0.3 is 6.03 Å². The number of rotatable bonds is 4. The van der Waals surface area contributed by atoms with Crippen LogP contribution in [0.1, 0.15) is 18.4 Å². The van der Waals surface area contributed by atoms with Gasteiger partial charge in [0.15, 0.2) is 5.13 Å². The molecule has 0 radical (unpaired) electrons. The Bertz CT molecular complexity index is 677. The van der Waals surface area contributed by atoms with Gasteiger partial charge in [-0.15, -0.1) is 11.3 Å². The molecule has 24 heavy (non-hydrogen) atoms. The zero-order chi connectivity index (χ0) is 16.8. The Morgan fingerprint density at radius 2 is 2.29 bits per heavy atom. The van der Waals surface area contributed by atoms with E-state index >= 15 is 0 Å². The maximum atomic E-state index is 12.3. The van der Waals surface area contributed by atoms with Crippen LogP contribution in [0.3, 0.4) is 0 Å². The molecule has 1 aliphatic rings. The third-order valence-electron chi connectivity index (χ3n) is 3.91. The van der Waals surface area contributed by atoms with Gasteiger partial charge in [-0.1, -0.05) is 6.07 Å². The lowest BCUT2D eigenvalue weighted by atomic mass is 9.97. The first-order valence-electron chi connectivity index (χ1n) is 7.84. The van der Waals surface area contributed by atoms with E-state index < -0.39 is 0 Å². The highest BCUT2D eigenvalue weighted by atomic mass is 32.1. The van der Waals surface area contributed by atoms with E-state index in [9.17, 15) is 9.59 Å². The van der Waals surface area contributed by atoms with E-state index in [1.807, 2.05) is 17.5 Å². The molecule has 7 nitrogen and oxygen atoms in total. The van der Waals surface area contributed by atoms with Gasteiger partial charge in [0.25, 0.3) is 0 Å². The number of urea groups is 1. The van der Waals surface area contributed by atoms with Crippen molar-refractivity contribution in [3.05, 3.63) is 41.7 Å². The molecule has 1 saturated heterocycles. The fourth-order valence-electron chi connectivity index (χ4n) is 2.66. The van der Waals surface area contributed by atoms with Crippen molar-refractivity contribution in [3.63, 3.8) is 0 Å². The van der Waals surface area contributed by atoms with Crippen LogP contribution in [0.15, 0.2) is 36.1 Å². The van der Waals surface area contributed by atoms with Gasteiger partial charge < -0.3 is 15.5 Å². The molecular weight excluding hydrogens is 326 g/mol. The second-order valence-corrected chi connectivity index (χ2v) is 6.53. The normalized spacial score (nSPS) is 17.3. The predicted octanol–water partition coefficient (Wildman–Crippen LogP) is 2.10. The molecule has 0 spiro atoms. The van der Waals surface area contributed by atoms with Crippen LogP contribution in [-0.2, 0) is 11.3 Å². The molecule has 1 fully saturated rings. The van der Waals surface area contributed by atoms with Gasteiger partial charge in [-0.05, 0) is 24.5 Å². The van der Waals surface area contributed by atoms with Gasteiger partial charge in [0.2, 0.25) is 5.91 Å². The zero-order valence-electron chi connectivity index (χ0n) is 13.1. The van der Waals surface area contributed by atoms with Crippen molar-refractivity contribution in [1.29, 1.82) is 0 Å². The van der Waals surface area contributed by atoms with Gasteiger partial charge in [0.05, 0.1) is 5.92 Å². The van der Waals surface area contributed by atoms with Gasteiger partial charge in [0.1, 0.15) is 0 Å². The lowest BCUT2D eigenvalue weighted by molar-refractivity contribution is -0.121. The van der Waals surface area contributed by atoms with E-state index in [0.717, 1.165) is 18.4 Å². The number of carbonyl (C=O) groups is 2. The molecule has 3 heterocycles. The van der Waals surface area contributed by atoms with Gasteiger partial charge in [-0.3, -0.25) is 9.78 Å². The minimum atomic E-state index is -0.202. The number of anilines is 1. The molecule has 126 valence electrons. The molecule has 2 aromatic rings. The molecule has 1 aliphatic heterocycles. The van der Waals surface area contributed by atoms with Crippen LogP contribution in [0.2, 0.25) is 0 Å². The molecule has 1 atom stereocenters. The average molecular weight is 345 g/mol. The summed E-state index contributed by atoms with van der Waals surface area (Å²) in [6.07, 6.45) is 6.67. The number of nitrogens with one attached hydrogen (secondary N) is 2. The van der Waals surface area contributed by atoms with Crippen LogP contribution in [0.25, 0.3) is 0 Å². The monoisotopic (exact) mass is 345 g/mol. The maximum absolute atomic E-state index is 12.3. The number of piperidine rings is 1. The van der Waals surface area contributed by atoms with E-state index in [1.54, 1.807) is 23.5 Å². The highest BCUT2D eigenvalue weighted by Crippen LogP contribution is 2.19. The summed E-state index contributed by atoms with van der Waals surface area (Å²) in [6, 6.07) is 3.60. The second kappa shape index (κ2) is 7.87. The number of aromatic nitrogens is 2. The topological polar surface area (TPSA) is 87.2 Å². The van der Waals surface area contributed by atoms with Crippen LogP contribution in [-0.4, -0.2) is 39.9 Å². The summed E-state index contributed by atoms with van der Waals surface area (Å²) >= 11 is 1.39. The van der Waals surface area contributed by atoms with Crippen LogP contribution in [0.4, 0.5) is 9.93 Å². The van der Waals surface area contributed by atoms with Crippen LogP contribution in [0.5, 0.6) is 0 Å². The molecule has 0 saturated carbocycles. The molecule has 3 amide bonds. The molecule has 0 unspecified atom stereocenters. The lowest BCUT2D eigenvalue weighted by Crippen LogP contribution is -2.47.